The minimum absolute atomic E-state index is 0.0211. The van der Waals surface area contributed by atoms with Gasteiger partial charge in [-0.25, -0.2) is 13.6 Å². The third-order valence-electron chi connectivity index (χ3n) is 2.98. The molecule has 0 radical (unpaired) electrons. The molecule has 0 aromatic heterocycles. The minimum Gasteiger partial charge on any atom is -0.463 e. The molecule has 0 bridgehead atoms. The molecule has 0 amide bonds. The van der Waals surface area contributed by atoms with Crippen LogP contribution in [0.4, 0.5) is 35.1 Å². The Bertz CT molecular complexity index is 464. The topological polar surface area (TPSA) is 26.3 Å². The predicted octanol–water partition coefficient (Wildman–Crippen LogP) is 7.57. The first-order chi connectivity index (χ1) is 13.1. The lowest BCUT2D eigenvalue weighted by atomic mass is 9.96. The maximum absolute atomic E-state index is 13.2. The predicted molar refractivity (Wildman–Crippen MR) is 96.6 cm³/mol. The van der Waals surface area contributed by atoms with E-state index in [1.807, 2.05) is 13.8 Å². The van der Waals surface area contributed by atoms with Gasteiger partial charge in [-0.2, -0.15) is 26.3 Å². The molecule has 0 atom stereocenters. The minimum atomic E-state index is -5.98. The van der Waals surface area contributed by atoms with Gasteiger partial charge in [0.05, 0.1) is 12.9 Å². The summed E-state index contributed by atoms with van der Waals surface area (Å²) >= 11 is 0. The van der Waals surface area contributed by atoms with Gasteiger partial charge in [0.25, 0.3) is 5.67 Å². The number of ether oxygens (including phenoxy) is 1. The smallest absolute Gasteiger partial charge is 0.431 e. The summed E-state index contributed by atoms with van der Waals surface area (Å²) in [7, 11) is 0. The van der Waals surface area contributed by atoms with Crippen LogP contribution in [0.5, 0.6) is 0 Å². The number of carbonyl (C=O) groups is 1. The summed E-state index contributed by atoms with van der Waals surface area (Å²) in [6.07, 6.45) is -11.7. The highest BCUT2D eigenvalue weighted by Gasteiger charge is 2.71. The Morgan fingerprint density at radius 2 is 1.21 bits per heavy atom. The number of rotatable bonds is 9. The monoisotopic (exact) mass is 440 g/mol. The Kier molecular flexibility index (Phi) is 17.5. The first kappa shape index (κ1) is 31.8. The van der Waals surface area contributed by atoms with E-state index in [1.54, 1.807) is 0 Å². The van der Waals surface area contributed by atoms with Gasteiger partial charge in [-0.15, -0.1) is 6.58 Å². The van der Waals surface area contributed by atoms with E-state index in [9.17, 15) is 39.9 Å². The quantitative estimate of drug-likeness (QED) is 0.122. The molecule has 10 heteroatoms. The molecule has 29 heavy (non-hydrogen) atoms. The molecule has 0 N–H and O–H groups in total. The van der Waals surface area contributed by atoms with Gasteiger partial charge in [0.15, 0.2) is 0 Å². The standard InChI is InChI=1S/C13H17F7O2.C4H8.C2H3F/c1-2-10(21)22-9-7-5-3-4-6-8-11(14,12(15,16)17)13(18,19)20;1-4(2)3;1-2-3/h2H,1,3-9H2;1H2,2-3H3;2H,1H2. The molecular weight excluding hydrogens is 412 g/mol. The lowest BCUT2D eigenvalue weighted by molar-refractivity contribution is -0.343. The molecule has 0 aromatic carbocycles. The van der Waals surface area contributed by atoms with Crippen molar-refractivity contribution in [3.8, 4) is 0 Å². The molecule has 2 nitrogen and oxygen atoms in total. The Balaban J connectivity index is -0.000000831. The summed E-state index contributed by atoms with van der Waals surface area (Å²) in [5.41, 5.74) is -4.00. The summed E-state index contributed by atoms with van der Waals surface area (Å²) < 4.78 is 101. The summed E-state index contributed by atoms with van der Waals surface area (Å²) in [6, 6.07) is 0. The number of esters is 1. The number of hydrogen-bond donors (Lipinski definition) is 0. The number of halogens is 8. The second-order valence-corrected chi connectivity index (χ2v) is 6.05. The molecule has 172 valence electrons. The second-order valence-electron chi connectivity index (χ2n) is 6.05. The summed E-state index contributed by atoms with van der Waals surface area (Å²) in [5, 5.41) is 0. The van der Waals surface area contributed by atoms with Crippen LogP contribution < -0.4 is 0 Å². The van der Waals surface area contributed by atoms with Crippen LogP contribution in [0.1, 0.15) is 52.4 Å². The maximum Gasteiger partial charge on any atom is 0.431 e. The Labute approximate surface area is 166 Å². The maximum atomic E-state index is 13.2. The van der Waals surface area contributed by atoms with E-state index in [0.717, 1.165) is 6.08 Å². The van der Waals surface area contributed by atoms with Crippen LogP contribution in [0.3, 0.4) is 0 Å². The Morgan fingerprint density at radius 3 is 1.55 bits per heavy atom. The molecule has 0 aromatic rings. The Morgan fingerprint density at radius 1 is 0.862 bits per heavy atom. The molecule has 0 heterocycles. The van der Waals surface area contributed by atoms with Crippen LogP contribution in [-0.2, 0) is 9.53 Å². The zero-order chi connectivity index (χ0) is 23.7. The molecule has 0 aliphatic carbocycles. The average molecular weight is 440 g/mol. The Hall–Kier alpha value is -1.87. The van der Waals surface area contributed by atoms with Crippen LogP contribution in [0.2, 0.25) is 0 Å². The van der Waals surface area contributed by atoms with Gasteiger partial charge in [-0.1, -0.05) is 38.0 Å². The molecule has 0 aliphatic rings. The molecule has 0 rings (SSSR count). The van der Waals surface area contributed by atoms with E-state index < -0.39 is 36.8 Å². The van der Waals surface area contributed by atoms with Crippen LogP contribution in [0, 0.1) is 0 Å². The first-order valence-electron chi connectivity index (χ1n) is 8.55. The van der Waals surface area contributed by atoms with Crippen LogP contribution in [-0.4, -0.2) is 30.6 Å². The normalized spacial score (nSPS) is 11.2. The fourth-order valence-electron chi connectivity index (χ4n) is 1.68. The summed E-state index contributed by atoms with van der Waals surface area (Å²) in [5.74, 6) is -0.613. The average Bonchev–Trinajstić information content (AvgIpc) is 2.54. The van der Waals surface area contributed by atoms with Crippen molar-refractivity contribution in [2.75, 3.05) is 6.61 Å². The fraction of sp³-hybridized carbons (Fsp3) is 0.632. The molecule has 0 saturated heterocycles. The van der Waals surface area contributed by atoms with Crippen molar-refractivity contribution < 1.29 is 44.7 Å². The van der Waals surface area contributed by atoms with Crippen LogP contribution in [0.15, 0.2) is 37.7 Å². The van der Waals surface area contributed by atoms with E-state index in [4.69, 9.17) is 0 Å². The van der Waals surface area contributed by atoms with Crippen molar-refractivity contribution in [3.63, 3.8) is 0 Å². The molecular formula is C19H28F8O2. The van der Waals surface area contributed by atoms with Gasteiger partial charge >= 0.3 is 18.3 Å². The van der Waals surface area contributed by atoms with E-state index in [0.29, 0.717) is 19.3 Å². The van der Waals surface area contributed by atoms with Gasteiger partial charge in [0, 0.05) is 6.08 Å². The summed E-state index contributed by atoms with van der Waals surface area (Å²) in [4.78, 5) is 10.7. The van der Waals surface area contributed by atoms with Crippen molar-refractivity contribution >= 4 is 5.97 Å². The second kappa shape index (κ2) is 16.0. The molecule has 0 spiro atoms. The van der Waals surface area contributed by atoms with Gasteiger partial charge < -0.3 is 4.74 Å². The highest BCUT2D eigenvalue weighted by atomic mass is 19.4. The van der Waals surface area contributed by atoms with Crippen LogP contribution >= 0.6 is 0 Å². The van der Waals surface area contributed by atoms with Gasteiger partial charge in [0.2, 0.25) is 0 Å². The molecule has 0 saturated carbocycles. The van der Waals surface area contributed by atoms with Crippen LogP contribution in [0.25, 0.3) is 0 Å². The SMILES string of the molecule is C=C(C)C.C=CC(=O)OCCCCCCCC(F)(C(F)(F)F)C(F)(F)F.C=CF. The van der Waals surface area contributed by atoms with E-state index in [2.05, 4.69) is 24.5 Å². The van der Waals surface area contributed by atoms with Gasteiger partial charge in [-0.3, -0.25) is 0 Å². The number of carbonyl (C=O) groups excluding carboxylic acids is 1. The van der Waals surface area contributed by atoms with Crippen molar-refractivity contribution in [2.45, 2.75) is 70.4 Å². The largest absolute Gasteiger partial charge is 0.463 e. The number of allylic oxidation sites excluding steroid dienone is 1. The number of unbranched alkanes of at least 4 members (excludes halogenated alkanes) is 4. The molecule has 0 aliphatic heterocycles. The molecule has 0 fully saturated rings. The van der Waals surface area contributed by atoms with E-state index in [1.165, 1.54) is 5.57 Å². The highest BCUT2D eigenvalue weighted by molar-refractivity contribution is 5.81. The van der Waals surface area contributed by atoms with Crippen molar-refractivity contribution in [2.24, 2.45) is 0 Å². The van der Waals surface area contributed by atoms with Crippen molar-refractivity contribution in [3.05, 3.63) is 37.7 Å². The van der Waals surface area contributed by atoms with Gasteiger partial charge in [0.1, 0.15) is 0 Å². The van der Waals surface area contributed by atoms with Crippen molar-refractivity contribution in [1.29, 1.82) is 0 Å². The highest BCUT2D eigenvalue weighted by Crippen LogP contribution is 2.49. The zero-order valence-electron chi connectivity index (χ0n) is 16.6. The third kappa shape index (κ3) is 16.8. The third-order valence-corrected chi connectivity index (χ3v) is 2.98. The van der Waals surface area contributed by atoms with Gasteiger partial charge in [-0.05, 0) is 33.1 Å². The zero-order valence-corrected chi connectivity index (χ0v) is 16.6. The molecule has 0 unspecified atom stereocenters. The lowest BCUT2D eigenvalue weighted by Crippen LogP contribution is -2.53. The van der Waals surface area contributed by atoms with E-state index in [-0.39, 0.29) is 19.4 Å². The van der Waals surface area contributed by atoms with E-state index >= 15 is 0 Å². The number of alkyl halides is 7. The number of hydrogen-bond acceptors (Lipinski definition) is 2. The lowest BCUT2D eigenvalue weighted by Gasteiger charge is -2.29. The summed E-state index contributed by atoms with van der Waals surface area (Å²) in [6.45, 7) is 13.4. The first-order valence-corrected chi connectivity index (χ1v) is 8.55. The fourth-order valence-corrected chi connectivity index (χ4v) is 1.68. The van der Waals surface area contributed by atoms with Crippen molar-refractivity contribution in [1.82, 2.24) is 0 Å².